The molecular weight excluding hydrogens is 298 g/mol. The first-order valence-electron chi connectivity index (χ1n) is 5.15. The highest BCUT2D eigenvalue weighted by Gasteiger charge is 2.06. The van der Waals surface area contributed by atoms with E-state index in [-0.39, 0.29) is 6.04 Å². The largest absolute Gasteiger partial charge is 0.324 e. The van der Waals surface area contributed by atoms with Gasteiger partial charge in [-0.1, -0.05) is 33.8 Å². The fourth-order valence-corrected chi connectivity index (χ4v) is 3.07. The Bertz CT molecular complexity index is 502. The normalized spacial score (nSPS) is 12.4. The highest BCUT2D eigenvalue weighted by atomic mass is 79.9. The van der Waals surface area contributed by atoms with Gasteiger partial charge in [-0.25, -0.2) is 9.97 Å². The van der Waals surface area contributed by atoms with Crippen LogP contribution in [0.25, 0.3) is 0 Å². The average Bonchev–Trinajstić information content (AvgIpc) is 2.30. The minimum absolute atomic E-state index is 0.0301. The summed E-state index contributed by atoms with van der Waals surface area (Å²) in [7, 11) is 0. The van der Waals surface area contributed by atoms with E-state index in [2.05, 4.69) is 38.0 Å². The fraction of sp³-hybridized carbons (Fsp3) is 0.167. The Morgan fingerprint density at radius 1 is 1.35 bits per heavy atom. The molecule has 0 fully saturated rings. The van der Waals surface area contributed by atoms with E-state index in [0.717, 1.165) is 20.0 Å². The lowest BCUT2D eigenvalue weighted by Crippen LogP contribution is -2.05. The maximum absolute atomic E-state index is 5.86. The van der Waals surface area contributed by atoms with Crippen LogP contribution >= 0.6 is 27.7 Å². The number of hydrogen-bond donors (Lipinski definition) is 1. The third kappa shape index (κ3) is 3.28. The molecule has 0 spiro atoms. The summed E-state index contributed by atoms with van der Waals surface area (Å²) in [5, 5.41) is 0.931. The van der Waals surface area contributed by atoms with Crippen LogP contribution in [0.3, 0.4) is 0 Å². The van der Waals surface area contributed by atoms with Crippen molar-refractivity contribution < 1.29 is 0 Å². The van der Waals surface area contributed by atoms with Gasteiger partial charge in [-0.05, 0) is 30.7 Å². The predicted molar refractivity (Wildman–Crippen MR) is 72.9 cm³/mol. The van der Waals surface area contributed by atoms with Gasteiger partial charge < -0.3 is 5.73 Å². The van der Waals surface area contributed by atoms with Crippen LogP contribution in [0.5, 0.6) is 0 Å². The summed E-state index contributed by atoms with van der Waals surface area (Å²) in [6.07, 6.45) is 3.29. The van der Waals surface area contributed by atoms with Gasteiger partial charge in [0.05, 0.1) is 0 Å². The molecule has 2 aromatic rings. The first kappa shape index (κ1) is 12.5. The molecule has 0 aliphatic carbocycles. The van der Waals surface area contributed by atoms with Crippen molar-refractivity contribution in [1.82, 2.24) is 9.97 Å². The predicted octanol–water partition coefficient (Wildman–Crippen LogP) is 3.41. The zero-order chi connectivity index (χ0) is 12.3. The van der Waals surface area contributed by atoms with Crippen molar-refractivity contribution in [2.45, 2.75) is 22.9 Å². The lowest BCUT2D eigenvalue weighted by molar-refractivity contribution is 0.811. The summed E-state index contributed by atoms with van der Waals surface area (Å²) in [6, 6.07) is 8.07. The maximum Gasteiger partial charge on any atom is 0.116 e. The summed E-state index contributed by atoms with van der Waals surface area (Å²) in [5.74, 6) is 0. The maximum atomic E-state index is 5.86. The molecule has 0 unspecified atom stereocenters. The van der Waals surface area contributed by atoms with Gasteiger partial charge in [0.2, 0.25) is 0 Å². The van der Waals surface area contributed by atoms with E-state index < -0.39 is 0 Å². The number of benzene rings is 1. The number of halogens is 1. The summed E-state index contributed by atoms with van der Waals surface area (Å²) in [4.78, 5) is 9.19. The van der Waals surface area contributed by atoms with Crippen molar-refractivity contribution in [3.8, 4) is 0 Å². The van der Waals surface area contributed by atoms with E-state index in [1.165, 1.54) is 0 Å². The Labute approximate surface area is 113 Å². The van der Waals surface area contributed by atoms with E-state index in [4.69, 9.17) is 5.73 Å². The highest BCUT2D eigenvalue weighted by Crippen LogP contribution is 2.31. The Morgan fingerprint density at radius 2 is 2.18 bits per heavy atom. The van der Waals surface area contributed by atoms with Crippen LogP contribution in [-0.4, -0.2) is 9.97 Å². The number of nitrogens with zero attached hydrogens (tertiary/aromatic N) is 2. The monoisotopic (exact) mass is 309 g/mol. The molecule has 2 N–H and O–H groups in total. The van der Waals surface area contributed by atoms with Crippen molar-refractivity contribution in [2.24, 2.45) is 5.73 Å². The van der Waals surface area contributed by atoms with Crippen LogP contribution in [0.4, 0.5) is 0 Å². The van der Waals surface area contributed by atoms with Gasteiger partial charge >= 0.3 is 0 Å². The number of aromatic nitrogens is 2. The molecule has 2 rings (SSSR count). The van der Waals surface area contributed by atoms with Crippen molar-refractivity contribution in [3.63, 3.8) is 0 Å². The summed E-state index contributed by atoms with van der Waals surface area (Å²) in [5.41, 5.74) is 6.97. The standard InChI is InChI=1S/C12H12BrN3S/c1-8(14)10-3-2-9(6-11(10)13)17-12-4-5-15-7-16-12/h2-8H,14H2,1H3/t8-/m1/s1. The molecule has 5 heteroatoms. The summed E-state index contributed by atoms with van der Waals surface area (Å²) >= 11 is 5.14. The molecule has 88 valence electrons. The van der Waals surface area contributed by atoms with Gasteiger partial charge in [-0.15, -0.1) is 0 Å². The SMILES string of the molecule is C[C@@H](N)c1ccc(Sc2ccncn2)cc1Br. The molecule has 1 aromatic heterocycles. The molecular formula is C12H12BrN3S. The smallest absolute Gasteiger partial charge is 0.116 e. The van der Waals surface area contributed by atoms with Crippen molar-refractivity contribution >= 4 is 27.7 Å². The second-order valence-corrected chi connectivity index (χ2v) is 5.57. The molecule has 0 saturated heterocycles. The molecule has 0 aliphatic heterocycles. The first-order chi connectivity index (χ1) is 8.16. The zero-order valence-corrected chi connectivity index (χ0v) is 11.7. The molecule has 0 saturated carbocycles. The molecule has 0 bridgehead atoms. The summed E-state index contributed by atoms with van der Waals surface area (Å²) < 4.78 is 1.03. The second-order valence-electron chi connectivity index (χ2n) is 3.62. The lowest BCUT2D eigenvalue weighted by atomic mass is 10.1. The topological polar surface area (TPSA) is 51.8 Å². The van der Waals surface area contributed by atoms with Crippen LogP contribution in [0.1, 0.15) is 18.5 Å². The van der Waals surface area contributed by atoms with Crippen LogP contribution in [-0.2, 0) is 0 Å². The molecule has 0 radical (unpaired) electrons. The van der Waals surface area contributed by atoms with Crippen molar-refractivity contribution in [2.75, 3.05) is 0 Å². The van der Waals surface area contributed by atoms with E-state index in [1.807, 2.05) is 19.1 Å². The molecule has 1 atom stereocenters. The average molecular weight is 310 g/mol. The second kappa shape index (κ2) is 5.62. The Morgan fingerprint density at radius 3 is 2.76 bits per heavy atom. The quantitative estimate of drug-likeness (QED) is 0.883. The van der Waals surface area contributed by atoms with E-state index in [0.29, 0.717) is 0 Å². The number of nitrogens with two attached hydrogens (primary N) is 1. The fourth-order valence-electron chi connectivity index (χ4n) is 1.40. The Balaban J connectivity index is 2.21. The molecule has 1 heterocycles. The van der Waals surface area contributed by atoms with Gasteiger partial charge in [0, 0.05) is 21.6 Å². The van der Waals surface area contributed by atoms with Crippen LogP contribution in [0.2, 0.25) is 0 Å². The van der Waals surface area contributed by atoms with E-state index in [9.17, 15) is 0 Å². The van der Waals surface area contributed by atoms with Crippen LogP contribution in [0, 0.1) is 0 Å². The Hall–Kier alpha value is -0.910. The molecule has 0 aliphatic rings. The number of hydrogen-bond acceptors (Lipinski definition) is 4. The van der Waals surface area contributed by atoms with Gasteiger partial charge in [-0.2, -0.15) is 0 Å². The van der Waals surface area contributed by atoms with Gasteiger partial charge in [0.25, 0.3) is 0 Å². The molecule has 1 aromatic carbocycles. The molecule has 3 nitrogen and oxygen atoms in total. The Kier molecular flexibility index (Phi) is 4.15. The minimum Gasteiger partial charge on any atom is -0.324 e. The van der Waals surface area contributed by atoms with Gasteiger partial charge in [0.1, 0.15) is 11.4 Å². The highest BCUT2D eigenvalue weighted by molar-refractivity contribution is 9.10. The zero-order valence-electron chi connectivity index (χ0n) is 9.30. The van der Waals surface area contributed by atoms with Crippen LogP contribution in [0.15, 0.2) is 51.2 Å². The third-order valence-corrected chi connectivity index (χ3v) is 3.87. The third-order valence-electron chi connectivity index (χ3n) is 2.24. The lowest BCUT2D eigenvalue weighted by Gasteiger charge is -2.09. The van der Waals surface area contributed by atoms with E-state index >= 15 is 0 Å². The minimum atomic E-state index is 0.0301. The van der Waals surface area contributed by atoms with Crippen molar-refractivity contribution in [3.05, 3.63) is 46.8 Å². The van der Waals surface area contributed by atoms with E-state index in [1.54, 1.807) is 24.3 Å². The molecule has 0 amide bonds. The van der Waals surface area contributed by atoms with Crippen molar-refractivity contribution in [1.29, 1.82) is 0 Å². The van der Waals surface area contributed by atoms with Gasteiger partial charge in [-0.3, -0.25) is 0 Å². The number of rotatable bonds is 3. The summed E-state index contributed by atoms with van der Waals surface area (Å²) in [6.45, 7) is 1.97. The van der Waals surface area contributed by atoms with Crippen LogP contribution < -0.4 is 5.73 Å². The molecule has 17 heavy (non-hydrogen) atoms. The van der Waals surface area contributed by atoms with Gasteiger partial charge in [0.15, 0.2) is 0 Å². The first-order valence-corrected chi connectivity index (χ1v) is 6.76.